The van der Waals surface area contributed by atoms with Crippen LogP contribution in [0.5, 0.6) is 0 Å². The molecule has 1 aliphatic heterocycles. The first-order valence-electron chi connectivity index (χ1n) is 9.48. The van der Waals surface area contributed by atoms with E-state index >= 15 is 0 Å². The highest BCUT2D eigenvalue weighted by atomic mass is 16.5. The number of benzene rings is 1. The summed E-state index contributed by atoms with van der Waals surface area (Å²) in [5.74, 6) is 0.768. The standard InChI is InChI=1S/C21H29NO3/c1-15-7-3-4-8-16(15)11-19(21(24)25-2)12-20(23)22-13-17-9-5-6-10-18(17)14-22/h3-4,7-8,17-19H,5-6,9-14H2,1-2H3. The number of nitrogens with zero attached hydrogens (tertiary/aromatic N) is 1. The van der Waals surface area contributed by atoms with Gasteiger partial charge >= 0.3 is 5.97 Å². The molecule has 0 spiro atoms. The molecule has 1 aromatic rings. The summed E-state index contributed by atoms with van der Waals surface area (Å²) in [7, 11) is 1.40. The van der Waals surface area contributed by atoms with Crippen LogP contribution >= 0.6 is 0 Å². The number of hydrogen-bond acceptors (Lipinski definition) is 3. The van der Waals surface area contributed by atoms with Crippen LogP contribution in [0.15, 0.2) is 24.3 Å². The highest BCUT2D eigenvalue weighted by Gasteiger charge is 2.37. The predicted molar refractivity (Wildman–Crippen MR) is 97.0 cm³/mol. The summed E-state index contributed by atoms with van der Waals surface area (Å²) in [6.07, 6.45) is 5.89. The summed E-state index contributed by atoms with van der Waals surface area (Å²) in [4.78, 5) is 27.0. The van der Waals surface area contributed by atoms with Gasteiger partial charge in [-0.25, -0.2) is 0 Å². The van der Waals surface area contributed by atoms with Crippen LogP contribution in [-0.4, -0.2) is 37.0 Å². The van der Waals surface area contributed by atoms with E-state index in [2.05, 4.69) is 0 Å². The van der Waals surface area contributed by atoms with Gasteiger partial charge in [-0.15, -0.1) is 0 Å². The summed E-state index contributed by atoms with van der Waals surface area (Å²) in [5, 5.41) is 0. The first-order valence-corrected chi connectivity index (χ1v) is 9.48. The predicted octanol–water partition coefficient (Wildman–Crippen LogP) is 3.37. The first kappa shape index (κ1) is 18.0. The molecule has 4 nitrogen and oxygen atoms in total. The van der Waals surface area contributed by atoms with E-state index in [-0.39, 0.29) is 18.3 Å². The maximum Gasteiger partial charge on any atom is 0.309 e. The fourth-order valence-electron chi connectivity index (χ4n) is 4.46. The van der Waals surface area contributed by atoms with Crippen molar-refractivity contribution < 1.29 is 14.3 Å². The molecule has 0 N–H and O–H groups in total. The monoisotopic (exact) mass is 343 g/mol. The van der Waals surface area contributed by atoms with Crippen LogP contribution in [0.1, 0.15) is 43.2 Å². The molecule has 1 aromatic carbocycles. The maximum absolute atomic E-state index is 12.8. The second kappa shape index (κ2) is 8.03. The van der Waals surface area contributed by atoms with Crippen molar-refractivity contribution in [2.75, 3.05) is 20.2 Å². The number of esters is 1. The highest BCUT2D eigenvalue weighted by molar-refractivity contribution is 5.83. The molecular formula is C21H29NO3. The van der Waals surface area contributed by atoms with E-state index in [1.54, 1.807) is 0 Å². The average Bonchev–Trinajstić information content (AvgIpc) is 3.06. The summed E-state index contributed by atoms with van der Waals surface area (Å²) < 4.78 is 4.97. The Labute approximate surface area is 150 Å². The summed E-state index contributed by atoms with van der Waals surface area (Å²) in [6, 6.07) is 8.03. The van der Waals surface area contributed by atoms with Gasteiger partial charge in [-0.3, -0.25) is 9.59 Å². The number of carbonyl (C=O) groups excluding carboxylic acids is 2. The molecule has 2 aliphatic rings. The second-order valence-corrected chi connectivity index (χ2v) is 7.66. The minimum Gasteiger partial charge on any atom is -0.469 e. The molecule has 1 aliphatic carbocycles. The molecule has 136 valence electrons. The van der Waals surface area contributed by atoms with Gasteiger partial charge in [0.1, 0.15) is 0 Å². The highest BCUT2D eigenvalue weighted by Crippen LogP contribution is 2.36. The molecule has 2 fully saturated rings. The zero-order valence-corrected chi connectivity index (χ0v) is 15.4. The number of amides is 1. The van der Waals surface area contributed by atoms with E-state index in [0.29, 0.717) is 18.3 Å². The van der Waals surface area contributed by atoms with Gasteiger partial charge in [-0.05, 0) is 49.1 Å². The first-order chi connectivity index (χ1) is 12.1. The lowest BCUT2D eigenvalue weighted by Crippen LogP contribution is -2.33. The van der Waals surface area contributed by atoms with Gasteiger partial charge in [0.25, 0.3) is 0 Å². The quantitative estimate of drug-likeness (QED) is 0.770. The zero-order valence-electron chi connectivity index (χ0n) is 15.4. The Hall–Kier alpha value is -1.84. The molecule has 0 bridgehead atoms. The van der Waals surface area contributed by atoms with E-state index in [1.807, 2.05) is 36.1 Å². The van der Waals surface area contributed by atoms with Crippen LogP contribution in [0.4, 0.5) is 0 Å². The third-order valence-electron chi connectivity index (χ3n) is 6.01. The van der Waals surface area contributed by atoms with Crippen LogP contribution in [0.25, 0.3) is 0 Å². The van der Waals surface area contributed by atoms with Crippen molar-refractivity contribution in [2.24, 2.45) is 17.8 Å². The SMILES string of the molecule is COC(=O)C(CC(=O)N1CC2CCCCC2C1)Cc1ccccc1C. The fourth-order valence-corrected chi connectivity index (χ4v) is 4.46. The number of aryl methyl sites for hydroxylation is 1. The molecule has 0 aromatic heterocycles. The molecule has 3 rings (SSSR count). The van der Waals surface area contributed by atoms with Gasteiger partial charge in [0.15, 0.2) is 0 Å². The number of rotatable bonds is 5. The smallest absolute Gasteiger partial charge is 0.309 e. The average molecular weight is 343 g/mol. The minimum atomic E-state index is -0.402. The number of fused-ring (bicyclic) bond motifs is 1. The van der Waals surface area contributed by atoms with Crippen LogP contribution < -0.4 is 0 Å². The van der Waals surface area contributed by atoms with Crippen molar-refractivity contribution in [1.82, 2.24) is 4.90 Å². The van der Waals surface area contributed by atoms with E-state index in [4.69, 9.17) is 4.74 Å². The van der Waals surface area contributed by atoms with Crippen LogP contribution in [0.3, 0.4) is 0 Å². The number of carbonyl (C=O) groups is 2. The van der Waals surface area contributed by atoms with Gasteiger partial charge in [0, 0.05) is 19.5 Å². The van der Waals surface area contributed by atoms with Gasteiger partial charge < -0.3 is 9.64 Å². The van der Waals surface area contributed by atoms with Gasteiger partial charge in [0.05, 0.1) is 13.0 Å². The second-order valence-electron chi connectivity index (χ2n) is 7.66. The summed E-state index contributed by atoms with van der Waals surface area (Å²) >= 11 is 0. The molecule has 3 unspecified atom stereocenters. The molecule has 4 heteroatoms. The largest absolute Gasteiger partial charge is 0.469 e. The number of methoxy groups -OCH3 is 1. The van der Waals surface area contributed by atoms with Crippen molar-refractivity contribution in [1.29, 1.82) is 0 Å². The molecule has 0 radical (unpaired) electrons. The normalized spacial score (nSPS) is 23.8. The lowest BCUT2D eigenvalue weighted by molar-refractivity contribution is -0.148. The van der Waals surface area contributed by atoms with Crippen molar-refractivity contribution in [3.63, 3.8) is 0 Å². The van der Waals surface area contributed by atoms with E-state index in [0.717, 1.165) is 24.2 Å². The van der Waals surface area contributed by atoms with Crippen molar-refractivity contribution in [3.05, 3.63) is 35.4 Å². The van der Waals surface area contributed by atoms with Crippen LogP contribution in [0.2, 0.25) is 0 Å². The Morgan fingerprint density at radius 3 is 2.40 bits per heavy atom. The minimum absolute atomic E-state index is 0.110. The van der Waals surface area contributed by atoms with Gasteiger partial charge in [0.2, 0.25) is 5.91 Å². The van der Waals surface area contributed by atoms with E-state index < -0.39 is 5.92 Å². The van der Waals surface area contributed by atoms with Crippen LogP contribution in [-0.2, 0) is 20.7 Å². The van der Waals surface area contributed by atoms with Crippen molar-refractivity contribution in [3.8, 4) is 0 Å². The lowest BCUT2D eigenvalue weighted by Gasteiger charge is -2.22. The molecule has 1 heterocycles. The molecule has 1 saturated carbocycles. The van der Waals surface area contributed by atoms with Crippen LogP contribution in [0, 0.1) is 24.7 Å². The fraction of sp³-hybridized carbons (Fsp3) is 0.619. The Kier molecular flexibility index (Phi) is 5.77. The Morgan fingerprint density at radius 2 is 1.80 bits per heavy atom. The Bertz CT molecular complexity index is 613. The van der Waals surface area contributed by atoms with Gasteiger partial charge in [-0.1, -0.05) is 37.1 Å². The third kappa shape index (κ3) is 4.23. The van der Waals surface area contributed by atoms with Gasteiger partial charge in [-0.2, -0.15) is 0 Å². The summed E-state index contributed by atoms with van der Waals surface area (Å²) in [5.41, 5.74) is 2.26. The molecule has 25 heavy (non-hydrogen) atoms. The number of hydrogen-bond donors (Lipinski definition) is 0. The van der Waals surface area contributed by atoms with E-state index in [1.165, 1.54) is 32.8 Å². The topological polar surface area (TPSA) is 46.6 Å². The zero-order chi connectivity index (χ0) is 17.8. The number of likely N-dealkylation sites (tertiary alicyclic amines) is 1. The Balaban J connectivity index is 1.65. The summed E-state index contributed by atoms with van der Waals surface area (Å²) in [6.45, 7) is 3.79. The van der Waals surface area contributed by atoms with Crippen molar-refractivity contribution in [2.45, 2.75) is 45.4 Å². The van der Waals surface area contributed by atoms with Crippen molar-refractivity contribution >= 4 is 11.9 Å². The van der Waals surface area contributed by atoms with E-state index in [9.17, 15) is 9.59 Å². The maximum atomic E-state index is 12.8. The number of ether oxygens (including phenoxy) is 1. The molecule has 1 saturated heterocycles. The molecular weight excluding hydrogens is 314 g/mol. The Morgan fingerprint density at radius 1 is 1.16 bits per heavy atom. The third-order valence-corrected chi connectivity index (χ3v) is 6.01. The molecule has 1 amide bonds. The molecule has 3 atom stereocenters. The lowest BCUT2D eigenvalue weighted by atomic mass is 9.82.